The van der Waals surface area contributed by atoms with E-state index >= 15 is 0 Å². The Morgan fingerprint density at radius 2 is 1.86 bits per heavy atom. The van der Waals surface area contributed by atoms with Gasteiger partial charge in [-0.05, 0) is 47.0 Å². The Hall–Kier alpha value is -2.48. The zero-order valence-electron chi connectivity index (χ0n) is 17.4. The molecular formula is C20H30N4O4. The van der Waals surface area contributed by atoms with Gasteiger partial charge in [-0.2, -0.15) is 0 Å². The Morgan fingerprint density at radius 3 is 2.46 bits per heavy atom. The van der Waals surface area contributed by atoms with Crippen molar-refractivity contribution in [3.63, 3.8) is 0 Å². The lowest BCUT2D eigenvalue weighted by molar-refractivity contribution is 0.0240. The third kappa shape index (κ3) is 4.67. The Balaban J connectivity index is 1.68. The van der Waals surface area contributed by atoms with Crippen molar-refractivity contribution in [1.82, 2.24) is 14.4 Å². The molecule has 1 amide bonds. The van der Waals surface area contributed by atoms with E-state index in [9.17, 15) is 9.59 Å². The molecule has 8 nitrogen and oxygen atoms in total. The highest BCUT2D eigenvalue weighted by Gasteiger charge is 2.26. The number of anilines is 1. The monoisotopic (exact) mass is 390 g/mol. The Morgan fingerprint density at radius 1 is 1.18 bits per heavy atom. The molecule has 1 saturated heterocycles. The zero-order valence-corrected chi connectivity index (χ0v) is 17.4. The van der Waals surface area contributed by atoms with Crippen LogP contribution in [-0.2, 0) is 11.3 Å². The summed E-state index contributed by atoms with van der Waals surface area (Å²) < 4.78 is 12.6. The minimum Gasteiger partial charge on any atom is -0.444 e. The summed E-state index contributed by atoms with van der Waals surface area (Å²) in [6.07, 6.45) is -0.272. The molecule has 0 saturated carbocycles. The van der Waals surface area contributed by atoms with E-state index in [1.165, 1.54) is 0 Å². The normalized spacial score (nSPS) is 15.5. The van der Waals surface area contributed by atoms with E-state index in [0.717, 1.165) is 17.7 Å². The van der Waals surface area contributed by atoms with Crippen molar-refractivity contribution < 1.29 is 13.9 Å². The zero-order chi connectivity index (χ0) is 20.5. The standard InChI is InChI=1S/C20H30N4O4/c1-20(2,3)28-18(25)23-11-9-22(10-12-23)15-6-7-16-17(14-15)27-19(26)24(16)13-8-21(4)5/h6-7,14H,8-13H2,1-5H3. The van der Waals surface area contributed by atoms with Crippen LogP contribution in [0.5, 0.6) is 0 Å². The van der Waals surface area contributed by atoms with Crippen LogP contribution in [0.3, 0.4) is 0 Å². The number of benzene rings is 1. The number of rotatable bonds is 4. The second-order valence-electron chi connectivity index (χ2n) is 8.43. The molecule has 154 valence electrons. The van der Waals surface area contributed by atoms with Crippen LogP contribution >= 0.6 is 0 Å². The lowest BCUT2D eigenvalue weighted by Crippen LogP contribution is -2.50. The number of ether oxygens (including phenoxy) is 1. The summed E-state index contributed by atoms with van der Waals surface area (Å²) in [5.74, 6) is -0.330. The van der Waals surface area contributed by atoms with Gasteiger partial charge >= 0.3 is 11.8 Å². The summed E-state index contributed by atoms with van der Waals surface area (Å²) in [7, 11) is 3.95. The highest BCUT2D eigenvalue weighted by atomic mass is 16.6. The largest absolute Gasteiger partial charge is 0.444 e. The molecule has 0 N–H and O–H groups in total. The van der Waals surface area contributed by atoms with E-state index in [4.69, 9.17) is 9.15 Å². The van der Waals surface area contributed by atoms with Crippen LogP contribution in [0, 0.1) is 0 Å². The fraction of sp³-hybridized carbons (Fsp3) is 0.600. The molecule has 1 aliphatic heterocycles. The second kappa shape index (κ2) is 7.87. The van der Waals surface area contributed by atoms with Crippen LogP contribution in [0.1, 0.15) is 20.8 Å². The Labute approximate surface area is 165 Å². The molecule has 1 fully saturated rings. The first kappa shape index (κ1) is 20.3. The first-order valence-corrected chi connectivity index (χ1v) is 9.65. The molecule has 0 unspecified atom stereocenters. The average molecular weight is 390 g/mol. The summed E-state index contributed by atoms with van der Waals surface area (Å²) in [6.45, 7) is 9.57. The van der Waals surface area contributed by atoms with E-state index in [2.05, 4.69) is 4.90 Å². The van der Waals surface area contributed by atoms with Crippen molar-refractivity contribution in [3.05, 3.63) is 28.7 Å². The van der Waals surface area contributed by atoms with Gasteiger partial charge in [-0.3, -0.25) is 4.57 Å². The van der Waals surface area contributed by atoms with Crippen molar-refractivity contribution in [2.45, 2.75) is 32.9 Å². The molecule has 1 aliphatic rings. The molecule has 0 bridgehead atoms. The SMILES string of the molecule is CN(C)CCn1c(=O)oc2cc(N3CCN(C(=O)OC(C)(C)C)CC3)ccc21. The fourth-order valence-electron chi connectivity index (χ4n) is 3.24. The van der Waals surface area contributed by atoms with Gasteiger partial charge in [0, 0.05) is 51.0 Å². The van der Waals surface area contributed by atoms with Gasteiger partial charge in [-0.15, -0.1) is 0 Å². The summed E-state index contributed by atoms with van der Waals surface area (Å²) in [4.78, 5) is 30.3. The third-order valence-electron chi connectivity index (χ3n) is 4.72. The van der Waals surface area contributed by atoms with E-state index in [-0.39, 0.29) is 11.8 Å². The number of piperazine rings is 1. The molecule has 2 heterocycles. The first-order chi connectivity index (χ1) is 13.1. The van der Waals surface area contributed by atoms with Crippen molar-refractivity contribution >= 4 is 22.9 Å². The number of carbonyl (C=O) groups is 1. The molecule has 0 aliphatic carbocycles. The second-order valence-corrected chi connectivity index (χ2v) is 8.43. The fourth-order valence-corrected chi connectivity index (χ4v) is 3.24. The van der Waals surface area contributed by atoms with Gasteiger partial charge in [0.2, 0.25) is 0 Å². The maximum Gasteiger partial charge on any atom is 0.419 e. The number of nitrogens with zero attached hydrogens (tertiary/aromatic N) is 4. The number of likely N-dealkylation sites (N-methyl/N-ethyl adjacent to an activating group) is 1. The summed E-state index contributed by atoms with van der Waals surface area (Å²) in [5.41, 5.74) is 1.90. The molecule has 8 heteroatoms. The number of oxazole rings is 1. The molecule has 0 spiro atoms. The lowest BCUT2D eigenvalue weighted by Gasteiger charge is -2.36. The molecule has 0 atom stereocenters. The minimum atomic E-state index is -0.490. The third-order valence-corrected chi connectivity index (χ3v) is 4.72. The molecular weight excluding hydrogens is 360 g/mol. The topological polar surface area (TPSA) is 71.2 Å². The van der Waals surface area contributed by atoms with Crippen LogP contribution in [0.25, 0.3) is 11.1 Å². The first-order valence-electron chi connectivity index (χ1n) is 9.65. The number of aromatic nitrogens is 1. The summed E-state index contributed by atoms with van der Waals surface area (Å²) in [5, 5.41) is 0. The van der Waals surface area contributed by atoms with Crippen LogP contribution in [-0.4, -0.2) is 72.9 Å². The van der Waals surface area contributed by atoms with Crippen molar-refractivity contribution in [3.8, 4) is 0 Å². The number of hydrogen-bond acceptors (Lipinski definition) is 6. The van der Waals surface area contributed by atoms with Gasteiger partial charge < -0.3 is 23.9 Å². The highest BCUT2D eigenvalue weighted by Crippen LogP contribution is 2.23. The maximum atomic E-state index is 12.2. The van der Waals surface area contributed by atoms with E-state index in [1.54, 1.807) is 9.47 Å². The lowest BCUT2D eigenvalue weighted by atomic mass is 10.2. The Bertz CT molecular complexity index is 886. The number of carbonyl (C=O) groups excluding carboxylic acids is 1. The Kier molecular flexibility index (Phi) is 5.69. The molecule has 2 aromatic rings. The van der Waals surface area contributed by atoms with E-state index in [0.29, 0.717) is 38.3 Å². The van der Waals surface area contributed by atoms with Crippen LogP contribution in [0.4, 0.5) is 10.5 Å². The van der Waals surface area contributed by atoms with Gasteiger partial charge in [-0.25, -0.2) is 9.59 Å². The van der Waals surface area contributed by atoms with Gasteiger partial charge in [0.15, 0.2) is 5.58 Å². The van der Waals surface area contributed by atoms with Crippen LogP contribution < -0.4 is 10.7 Å². The molecule has 1 aromatic heterocycles. The van der Waals surface area contributed by atoms with Gasteiger partial charge in [0.25, 0.3) is 0 Å². The van der Waals surface area contributed by atoms with Gasteiger partial charge in [0.05, 0.1) is 5.52 Å². The predicted molar refractivity (Wildman–Crippen MR) is 109 cm³/mol. The van der Waals surface area contributed by atoms with Crippen LogP contribution in [0.15, 0.2) is 27.4 Å². The van der Waals surface area contributed by atoms with Crippen molar-refractivity contribution in [2.75, 3.05) is 51.7 Å². The van der Waals surface area contributed by atoms with E-state index < -0.39 is 5.60 Å². The minimum absolute atomic E-state index is 0.272. The highest BCUT2D eigenvalue weighted by molar-refractivity contribution is 5.78. The van der Waals surface area contributed by atoms with Gasteiger partial charge in [0.1, 0.15) is 5.60 Å². The van der Waals surface area contributed by atoms with Gasteiger partial charge in [-0.1, -0.05) is 0 Å². The molecule has 0 radical (unpaired) electrons. The number of amides is 1. The smallest absolute Gasteiger partial charge is 0.419 e. The molecule has 3 rings (SSSR count). The molecule has 28 heavy (non-hydrogen) atoms. The summed E-state index contributed by atoms with van der Waals surface area (Å²) in [6, 6.07) is 5.85. The number of fused-ring (bicyclic) bond motifs is 1. The average Bonchev–Trinajstić information content (AvgIpc) is 2.92. The van der Waals surface area contributed by atoms with E-state index in [1.807, 2.05) is 58.0 Å². The molecule has 1 aromatic carbocycles. The van der Waals surface area contributed by atoms with Crippen molar-refractivity contribution in [1.29, 1.82) is 0 Å². The predicted octanol–water partition coefficient (Wildman–Crippen LogP) is 2.21. The maximum absolute atomic E-state index is 12.2. The van der Waals surface area contributed by atoms with Crippen molar-refractivity contribution in [2.24, 2.45) is 0 Å². The number of hydrogen-bond donors (Lipinski definition) is 0. The quantitative estimate of drug-likeness (QED) is 0.797. The summed E-state index contributed by atoms with van der Waals surface area (Å²) >= 11 is 0. The van der Waals surface area contributed by atoms with Crippen LogP contribution in [0.2, 0.25) is 0 Å².